The number of carboxylic acids is 1. The molecule has 1 saturated heterocycles. The van der Waals surface area contributed by atoms with Gasteiger partial charge in [-0.05, 0) is 31.4 Å². The molecule has 1 aromatic heterocycles. The molecule has 1 aromatic rings. The lowest BCUT2D eigenvalue weighted by atomic mass is 9.88. The summed E-state index contributed by atoms with van der Waals surface area (Å²) in [5.74, 6) is -1.22. The van der Waals surface area contributed by atoms with E-state index < -0.39 is 11.9 Å². The lowest BCUT2D eigenvalue weighted by Gasteiger charge is -2.26. The van der Waals surface area contributed by atoms with Gasteiger partial charge >= 0.3 is 5.97 Å². The van der Waals surface area contributed by atoms with Gasteiger partial charge in [0.2, 0.25) is 5.91 Å². The Kier molecular flexibility index (Phi) is 5.31. The number of likely N-dealkylation sites (tertiary alicyclic amines) is 1. The molecule has 1 atom stereocenters. The molecule has 2 heterocycles. The molecule has 2 N–H and O–H groups in total. The molecule has 3 rings (SSSR count). The van der Waals surface area contributed by atoms with Crippen LogP contribution in [0.2, 0.25) is 0 Å². The van der Waals surface area contributed by atoms with Crippen molar-refractivity contribution in [3.63, 3.8) is 0 Å². The molecule has 25 heavy (non-hydrogen) atoms. The molecule has 134 valence electrons. The number of nitrogens with one attached hydrogen (secondary N) is 1. The molecule has 0 radical (unpaired) electrons. The summed E-state index contributed by atoms with van der Waals surface area (Å²) in [5, 5.41) is 11.8. The van der Waals surface area contributed by atoms with Gasteiger partial charge in [-0.1, -0.05) is 25.3 Å². The summed E-state index contributed by atoms with van der Waals surface area (Å²) in [6.45, 7) is 1.17. The van der Waals surface area contributed by atoms with Crippen LogP contribution in [0.4, 0.5) is 0 Å². The van der Waals surface area contributed by atoms with Crippen molar-refractivity contribution < 1.29 is 19.5 Å². The van der Waals surface area contributed by atoms with Gasteiger partial charge in [0, 0.05) is 25.0 Å². The second-order valence-electron chi connectivity index (χ2n) is 6.79. The Bertz CT molecular complexity index is 670. The van der Waals surface area contributed by atoms with Gasteiger partial charge in [-0.3, -0.25) is 9.59 Å². The van der Waals surface area contributed by atoms with Crippen LogP contribution in [0.25, 0.3) is 0 Å². The van der Waals surface area contributed by atoms with Gasteiger partial charge < -0.3 is 15.3 Å². The number of hydrogen-bond donors (Lipinski definition) is 2. The largest absolute Gasteiger partial charge is 0.477 e. The topological polar surface area (TPSA) is 99.6 Å². The monoisotopic (exact) mass is 345 g/mol. The van der Waals surface area contributed by atoms with Crippen molar-refractivity contribution in [2.45, 2.75) is 44.6 Å². The summed E-state index contributed by atoms with van der Waals surface area (Å²) in [5.41, 5.74) is -0.0786. The number of carbonyl (C=O) groups is 3. The summed E-state index contributed by atoms with van der Waals surface area (Å²) in [7, 11) is 0. The van der Waals surface area contributed by atoms with E-state index in [1.807, 2.05) is 4.90 Å². The van der Waals surface area contributed by atoms with Crippen LogP contribution in [-0.4, -0.2) is 51.9 Å². The molecule has 1 aliphatic heterocycles. The van der Waals surface area contributed by atoms with Crippen LogP contribution in [0.15, 0.2) is 18.2 Å². The van der Waals surface area contributed by atoms with Gasteiger partial charge in [-0.2, -0.15) is 0 Å². The zero-order valence-electron chi connectivity index (χ0n) is 14.1. The highest BCUT2D eigenvalue weighted by molar-refractivity contribution is 5.94. The fourth-order valence-corrected chi connectivity index (χ4v) is 3.63. The molecule has 0 spiro atoms. The van der Waals surface area contributed by atoms with Crippen molar-refractivity contribution in [3.05, 3.63) is 29.6 Å². The van der Waals surface area contributed by atoms with Gasteiger partial charge in [0.25, 0.3) is 5.91 Å². The normalized spacial score (nSPS) is 21.1. The Morgan fingerprint density at radius 1 is 1.08 bits per heavy atom. The van der Waals surface area contributed by atoms with Crippen LogP contribution in [0.1, 0.15) is 59.5 Å². The molecule has 1 aliphatic carbocycles. The number of carbonyl (C=O) groups excluding carboxylic acids is 2. The van der Waals surface area contributed by atoms with Gasteiger partial charge in [0.15, 0.2) is 0 Å². The summed E-state index contributed by atoms with van der Waals surface area (Å²) in [6.07, 6.45) is 6.11. The Labute approximate surface area is 146 Å². The Hall–Kier alpha value is -2.44. The van der Waals surface area contributed by atoms with Crippen LogP contribution < -0.4 is 5.32 Å². The predicted octanol–water partition coefficient (Wildman–Crippen LogP) is 1.69. The van der Waals surface area contributed by atoms with Crippen molar-refractivity contribution in [2.75, 3.05) is 13.1 Å². The second kappa shape index (κ2) is 7.63. The van der Waals surface area contributed by atoms with Crippen molar-refractivity contribution >= 4 is 17.8 Å². The van der Waals surface area contributed by atoms with E-state index in [0.717, 1.165) is 25.7 Å². The number of carboxylic acid groups (broad SMARTS) is 1. The number of aromatic carboxylic acids is 1. The lowest BCUT2D eigenvalue weighted by molar-refractivity contribution is -0.135. The Balaban J connectivity index is 1.55. The molecule has 2 aliphatic rings. The maximum atomic E-state index is 12.6. The SMILES string of the molecule is O=C(O)c1cccc(C(=O)NC2CCN(C(=O)C3CCCCC3)C2)n1. The molecule has 0 aromatic carbocycles. The minimum Gasteiger partial charge on any atom is -0.477 e. The zero-order valence-corrected chi connectivity index (χ0v) is 14.1. The standard InChI is InChI=1S/C18H23N3O4/c22-16(14-7-4-8-15(20-14)18(24)25)19-13-9-10-21(11-13)17(23)12-5-2-1-3-6-12/h4,7-8,12-13H,1-3,5-6,9-11H2,(H,19,22)(H,24,25). The third-order valence-electron chi connectivity index (χ3n) is 4.99. The van der Waals surface area contributed by atoms with E-state index in [0.29, 0.717) is 19.5 Å². The first-order valence-corrected chi connectivity index (χ1v) is 8.84. The van der Waals surface area contributed by atoms with E-state index in [-0.39, 0.29) is 29.3 Å². The molecule has 2 amide bonds. The zero-order chi connectivity index (χ0) is 17.8. The van der Waals surface area contributed by atoms with Gasteiger partial charge in [0.1, 0.15) is 11.4 Å². The van der Waals surface area contributed by atoms with E-state index in [1.165, 1.54) is 24.6 Å². The molecule has 7 nitrogen and oxygen atoms in total. The van der Waals surface area contributed by atoms with Crippen LogP contribution in [-0.2, 0) is 4.79 Å². The average Bonchev–Trinajstić information content (AvgIpc) is 3.10. The third-order valence-corrected chi connectivity index (χ3v) is 4.99. The minimum absolute atomic E-state index is 0.0805. The lowest BCUT2D eigenvalue weighted by Crippen LogP contribution is -2.40. The number of pyridine rings is 1. The summed E-state index contributed by atoms with van der Waals surface area (Å²) < 4.78 is 0. The van der Waals surface area contributed by atoms with E-state index in [4.69, 9.17) is 5.11 Å². The van der Waals surface area contributed by atoms with E-state index in [9.17, 15) is 14.4 Å². The Morgan fingerprint density at radius 2 is 1.80 bits per heavy atom. The Morgan fingerprint density at radius 3 is 2.52 bits per heavy atom. The van der Waals surface area contributed by atoms with Crippen LogP contribution >= 0.6 is 0 Å². The van der Waals surface area contributed by atoms with Gasteiger partial charge in [-0.25, -0.2) is 9.78 Å². The number of amides is 2. The molecular weight excluding hydrogens is 322 g/mol. The van der Waals surface area contributed by atoms with Crippen molar-refractivity contribution in [1.29, 1.82) is 0 Å². The van der Waals surface area contributed by atoms with E-state index >= 15 is 0 Å². The smallest absolute Gasteiger partial charge is 0.354 e. The first-order chi connectivity index (χ1) is 12.0. The van der Waals surface area contributed by atoms with Crippen LogP contribution in [0, 0.1) is 5.92 Å². The maximum Gasteiger partial charge on any atom is 0.354 e. The maximum absolute atomic E-state index is 12.6. The van der Waals surface area contributed by atoms with Gasteiger partial charge in [-0.15, -0.1) is 0 Å². The summed E-state index contributed by atoms with van der Waals surface area (Å²) in [6, 6.07) is 4.22. The van der Waals surface area contributed by atoms with Crippen molar-refractivity contribution in [3.8, 4) is 0 Å². The first kappa shape index (κ1) is 17.4. The number of aromatic nitrogens is 1. The van der Waals surface area contributed by atoms with Crippen molar-refractivity contribution in [2.24, 2.45) is 5.92 Å². The quantitative estimate of drug-likeness (QED) is 0.865. The van der Waals surface area contributed by atoms with Crippen molar-refractivity contribution in [1.82, 2.24) is 15.2 Å². The van der Waals surface area contributed by atoms with Crippen LogP contribution in [0.5, 0.6) is 0 Å². The fourth-order valence-electron chi connectivity index (χ4n) is 3.63. The number of hydrogen-bond acceptors (Lipinski definition) is 4. The second-order valence-corrected chi connectivity index (χ2v) is 6.79. The first-order valence-electron chi connectivity index (χ1n) is 8.84. The summed E-state index contributed by atoms with van der Waals surface area (Å²) >= 11 is 0. The van der Waals surface area contributed by atoms with E-state index in [1.54, 1.807) is 0 Å². The molecule has 2 fully saturated rings. The molecule has 0 bridgehead atoms. The molecule has 1 saturated carbocycles. The van der Waals surface area contributed by atoms with Gasteiger partial charge in [0.05, 0.1) is 0 Å². The molecule has 1 unspecified atom stereocenters. The third kappa shape index (κ3) is 4.15. The number of rotatable bonds is 4. The highest BCUT2D eigenvalue weighted by atomic mass is 16.4. The summed E-state index contributed by atoms with van der Waals surface area (Å²) in [4.78, 5) is 41.5. The van der Waals surface area contributed by atoms with Crippen LogP contribution in [0.3, 0.4) is 0 Å². The molecule has 7 heteroatoms. The fraction of sp³-hybridized carbons (Fsp3) is 0.556. The van der Waals surface area contributed by atoms with E-state index in [2.05, 4.69) is 10.3 Å². The average molecular weight is 345 g/mol. The predicted molar refractivity (Wildman–Crippen MR) is 90.2 cm³/mol. The highest BCUT2D eigenvalue weighted by Gasteiger charge is 2.32. The number of nitrogens with zero attached hydrogens (tertiary/aromatic N) is 2. The highest BCUT2D eigenvalue weighted by Crippen LogP contribution is 2.26. The molecular formula is C18H23N3O4. The minimum atomic E-state index is -1.17.